The smallest absolute Gasteiger partial charge is 0.135 e. The Balaban J connectivity index is 2.41. The second-order valence-corrected chi connectivity index (χ2v) is 3.04. The molecule has 0 unspecified atom stereocenters. The Hall–Kier alpha value is -2.12. The lowest BCUT2D eigenvalue weighted by Crippen LogP contribution is -1.92. The highest BCUT2D eigenvalue weighted by Crippen LogP contribution is 2.21. The Kier molecular flexibility index (Phi) is 2.48. The number of furan rings is 1. The lowest BCUT2D eigenvalue weighted by atomic mass is 10.2. The fourth-order valence-electron chi connectivity index (χ4n) is 1.28. The number of hydrogen-bond acceptors (Lipinski definition) is 4. The molecule has 0 radical (unpaired) electrons. The third kappa shape index (κ3) is 1.87. The van der Waals surface area contributed by atoms with Crippen LogP contribution in [-0.4, -0.2) is 4.98 Å². The first-order valence-electron chi connectivity index (χ1n) is 4.48. The molecular weight excluding hydrogens is 190 g/mol. The lowest BCUT2D eigenvalue weighted by molar-refractivity contribution is 0.525. The minimum absolute atomic E-state index is 0.366. The van der Waals surface area contributed by atoms with Crippen molar-refractivity contribution < 1.29 is 4.42 Å². The van der Waals surface area contributed by atoms with Crippen LogP contribution in [0.5, 0.6) is 0 Å². The molecule has 2 N–H and O–H groups in total. The highest BCUT2D eigenvalue weighted by atomic mass is 16.3. The zero-order chi connectivity index (χ0) is 10.7. The summed E-state index contributed by atoms with van der Waals surface area (Å²) >= 11 is 0. The van der Waals surface area contributed by atoms with E-state index in [1.54, 1.807) is 12.3 Å². The fourth-order valence-corrected chi connectivity index (χ4v) is 1.28. The Morgan fingerprint density at radius 3 is 2.93 bits per heavy atom. The van der Waals surface area contributed by atoms with Crippen LogP contribution >= 0.6 is 0 Å². The highest BCUT2D eigenvalue weighted by molar-refractivity contribution is 5.58. The van der Waals surface area contributed by atoms with Gasteiger partial charge in [-0.25, -0.2) is 0 Å². The predicted octanol–water partition coefficient (Wildman–Crippen LogP) is 1.67. The van der Waals surface area contributed by atoms with E-state index in [1.165, 1.54) is 6.20 Å². The largest absolute Gasteiger partial charge is 0.460 e. The van der Waals surface area contributed by atoms with Gasteiger partial charge in [-0.1, -0.05) is 0 Å². The summed E-state index contributed by atoms with van der Waals surface area (Å²) in [4.78, 5) is 3.95. The summed E-state index contributed by atoms with van der Waals surface area (Å²) in [7, 11) is 0. The van der Waals surface area contributed by atoms with Gasteiger partial charge in [-0.2, -0.15) is 5.26 Å². The predicted molar refractivity (Wildman–Crippen MR) is 54.5 cm³/mol. The standard InChI is InChI=1S/C11H9N3O/c12-4-8-3-9(7-14-6-8)11-2-1-10(5-13)15-11/h1-3,6-7H,5,13H2. The molecule has 0 amide bonds. The second-order valence-electron chi connectivity index (χ2n) is 3.04. The van der Waals surface area contributed by atoms with Crippen molar-refractivity contribution in [1.82, 2.24) is 4.98 Å². The van der Waals surface area contributed by atoms with Crippen LogP contribution in [0.15, 0.2) is 35.0 Å². The van der Waals surface area contributed by atoms with Crippen LogP contribution in [0, 0.1) is 11.3 Å². The molecule has 2 rings (SSSR count). The molecule has 0 aliphatic rings. The molecule has 0 aromatic carbocycles. The minimum Gasteiger partial charge on any atom is -0.460 e. The van der Waals surface area contributed by atoms with Gasteiger partial charge in [0.15, 0.2) is 0 Å². The van der Waals surface area contributed by atoms with Gasteiger partial charge in [0.2, 0.25) is 0 Å². The van der Waals surface area contributed by atoms with Crippen LogP contribution in [0.2, 0.25) is 0 Å². The molecular formula is C11H9N3O. The number of hydrogen-bond donors (Lipinski definition) is 1. The summed E-state index contributed by atoms with van der Waals surface area (Å²) in [5.74, 6) is 1.40. The summed E-state index contributed by atoms with van der Waals surface area (Å²) < 4.78 is 5.44. The summed E-state index contributed by atoms with van der Waals surface area (Å²) in [6.07, 6.45) is 3.16. The van der Waals surface area contributed by atoms with Gasteiger partial charge in [-0.15, -0.1) is 0 Å². The Bertz CT molecular complexity index is 511. The van der Waals surface area contributed by atoms with Gasteiger partial charge in [0.05, 0.1) is 12.1 Å². The van der Waals surface area contributed by atoms with E-state index in [4.69, 9.17) is 15.4 Å². The van der Waals surface area contributed by atoms with Gasteiger partial charge in [0.25, 0.3) is 0 Å². The van der Waals surface area contributed by atoms with Crippen LogP contribution < -0.4 is 5.73 Å². The van der Waals surface area contributed by atoms with Crippen molar-refractivity contribution in [1.29, 1.82) is 5.26 Å². The molecule has 4 heteroatoms. The molecule has 0 saturated heterocycles. The quantitative estimate of drug-likeness (QED) is 0.798. The number of nitrogens with zero attached hydrogens (tertiary/aromatic N) is 2. The van der Waals surface area contributed by atoms with Crippen LogP contribution in [0.3, 0.4) is 0 Å². The first-order valence-corrected chi connectivity index (χ1v) is 4.48. The number of pyridine rings is 1. The fraction of sp³-hybridized carbons (Fsp3) is 0.0909. The van der Waals surface area contributed by atoms with Gasteiger partial charge in [0.1, 0.15) is 17.6 Å². The van der Waals surface area contributed by atoms with E-state index in [9.17, 15) is 0 Å². The van der Waals surface area contributed by atoms with Crippen molar-refractivity contribution in [2.75, 3.05) is 0 Å². The Morgan fingerprint density at radius 1 is 1.40 bits per heavy atom. The number of nitriles is 1. The summed E-state index contributed by atoms with van der Waals surface area (Å²) in [5, 5.41) is 8.72. The summed E-state index contributed by atoms with van der Waals surface area (Å²) in [6.45, 7) is 0.366. The maximum Gasteiger partial charge on any atom is 0.135 e. The van der Waals surface area contributed by atoms with E-state index in [0.717, 1.165) is 5.56 Å². The second kappa shape index (κ2) is 3.95. The first-order chi connectivity index (χ1) is 7.33. The molecule has 0 spiro atoms. The molecule has 4 nitrogen and oxygen atoms in total. The SMILES string of the molecule is N#Cc1cncc(-c2ccc(CN)o2)c1. The topological polar surface area (TPSA) is 75.8 Å². The molecule has 15 heavy (non-hydrogen) atoms. The average molecular weight is 199 g/mol. The van der Waals surface area contributed by atoms with Gasteiger partial charge in [-0.05, 0) is 18.2 Å². The summed E-state index contributed by atoms with van der Waals surface area (Å²) in [6, 6.07) is 7.39. The normalized spacial score (nSPS) is 9.87. The average Bonchev–Trinajstić information content (AvgIpc) is 2.78. The van der Waals surface area contributed by atoms with Crippen LogP contribution in [0.1, 0.15) is 11.3 Å². The van der Waals surface area contributed by atoms with E-state index >= 15 is 0 Å². The van der Waals surface area contributed by atoms with Crippen molar-refractivity contribution >= 4 is 0 Å². The summed E-state index contributed by atoms with van der Waals surface area (Å²) in [5.41, 5.74) is 6.73. The molecule has 0 fully saturated rings. The van der Waals surface area contributed by atoms with Crippen molar-refractivity contribution in [3.8, 4) is 17.4 Å². The zero-order valence-electron chi connectivity index (χ0n) is 7.97. The molecule has 2 heterocycles. The van der Waals surface area contributed by atoms with Crippen LogP contribution in [0.25, 0.3) is 11.3 Å². The highest BCUT2D eigenvalue weighted by Gasteiger charge is 2.04. The van der Waals surface area contributed by atoms with E-state index in [-0.39, 0.29) is 0 Å². The van der Waals surface area contributed by atoms with Crippen molar-refractivity contribution in [3.63, 3.8) is 0 Å². The first kappa shape index (κ1) is 9.44. The Morgan fingerprint density at radius 2 is 2.27 bits per heavy atom. The van der Waals surface area contributed by atoms with Gasteiger partial charge < -0.3 is 10.2 Å². The number of rotatable bonds is 2. The molecule has 0 bridgehead atoms. The molecule has 0 atom stereocenters. The van der Waals surface area contributed by atoms with Gasteiger partial charge in [0, 0.05) is 18.0 Å². The van der Waals surface area contributed by atoms with Crippen molar-refractivity contribution in [3.05, 3.63) is 41.9 Å². The minimum atomic E-state index is 0.366. The zero-order valence-corrected chi connectivity index (χ0v) is 7.97. The number of aromatic nitrogens is 1. The van der Waals surface area contributed by atoms with Gasteiger partial charge in [-0.3, -0.25) is 4.98 Å². The lowest BCUT2D eigenvalue weighted by Gasteiger charge is -1.96. The van der Waals surface area contributed by atoms with E-state index in [1.807, 2.05) is 18.2 Å². The van der Waals surface area contributed by atoms with E-state index < -0.39 is 0 Å². The molecule has 0 saturated carbocycles. The molecule has 74 valence electrons. The van der Waals surface area contributed by atoms with E-state index in [0.29, 0.717) is 23.6 Å². The molecule has 2 aromatic rings. The van der Waals surface area contributed by atoms with Crippen LogP contribution in [-0.2, 0) is 6.54 Å². The van der Waals surface area contributed by atoms with E-state index in [2.05, 4.69) is 4.98 Å². The maximum atomic E-state index is 8.72. The van der Waals surface area contributed by atoms with Gasteiger partial charge >= 0.3 is 0 Å². The van der Waals surface area contributed by atoms with Crippen molar-refractivity contribution in [2.45, 2.75) is 6.54 Å². The molecule has 2 aromatic heterocycles. The Labute approximate surface area is 87.0 Å². The third-order valence-corrected chi connectivity index (χ3v) is 2.01. The molecule has 0 aliphatic carbocycles. The number of nitrogens with two attached hydrogens (primary N) is 1. The third-order valence-electron chi connectivity index (χ3n) is 2.01. The molecule has 0 aliphatic heterocycles. The maximum absolute atomic E-state index is 8.72. The van der Waals surface area contributed by atoms with Crippen LogP contribution in [0.4, 0.5) is 0 Å². The van der Waals surface area contributed by atoms with Crippen molar-refractivity contribution in [2.24, 2.45) is 5.73 Å². The monoisotopic (exact) mass is 199 g/mol.